The highest BCUT2D eigenvalue weighted by Gasteiger charge is 1.91. The average molecular weight is 124 g/mol. The fourth-order valence-electron chi connectivity index (χ4n) is 0.468. The summed E-state index contributed by atoms with van der Waals surface area (Å²) in [5.41, 5.74) is 0.134. The van der Waals surface area contributed by atoms with Gasteiger partial charge in [-0.1, -0.05) is 0 Å². The molecule has 1 aromatic rings. The molecular weight excluding hydrogens is 121 g/mol. The third kappa shape index (κ3) is 1.32. The Balaban J connectivity index is 3.07. The lowest BCUT2D eigenvalue weighted by Crippen LogP contribution is -1.83. The van der Waals surface area contributed by atoms with Gasteiger partial charge in [-0.05, 0) is 6.07 Å². The average Bonchev–Trinajstić information content (AvgIpc) is 1.88. The molecule has 0 fully saturated rings. The Hall–Kier alpha value is -1.25. The Morgan fingerprint density at radius 1 is 1.56 bits per heavy atom. The van der Waals surface area contributed by atoms with Crippen molar-refractivity contribution in [3.63, 3.8) is 0 Å². The van der Waals surface area contributed by atoms with Crippen molar-refractivity contribution in [3.05, 3.63) is 29.8 Å². The molecule has 1 aromatic heterocycles. The van der Waals surface area contributed by atoms with E-state index in [-0.39, 0.29) is 5.56 Å². The molecule has 0 bridgehead atoms. The number of nitrogens with zero attached hydrogens (tertiary/aromatic N) is 1. The summed E-state index contributed by atoms with van der Waals surface area (Å²) in [5.74, 6) is -0.518. The first kappa shape index (κ1) is 5.88. The van der Waals surface area contributed by atoms with E-state index in [0.29, 0.717) is 0 Å². The first-order valence-electron chi connectivity index (χ1n) is 2.31. The number of hydrogen-bond acceptors (Lipinski definition) is 2. The number of rotatable bonds is 1. The summed E-state index contributed by atoms with van der Waals surface area (Å²) in [4.78, 5) is 13.2. The van der Waals surface area contributed by atoms with E-state index in [0.717, 1.165) is 12.3 Å². The molecule has 0 aliphatic heterocycles. The van der Waals surface area contributed by atoms with Crippen LogP contribution >= 0.6 is 0 Å². The van der Waals surface area contributed by atoms with E-state index in [4.69, 9.17) is 0 Å². The Kier molecular flexibility index (Phi) is 1.53. The molecule has 0 aromatic carbocycles. The molecule has 9 heavy (non-hydrogen) atoms. The summed E-state index contributed by atoms with van der Waals surface area (Å²) in [5, 5.41) is 0. The van der Waals surface area contributed by atoms with E-state index < -0.39 is 5.82 Å². The summed E-state index contributed by atoms with van der Waals surface area (Å²) >= 11 is 0. The van der Waals surface area contributed by atoms with Crippen LogP contribution in [0.25, 0.3) is 0 Å². The predicted molar refractivity (Wildman–Crippen MR) is 29.0 cm³/mol. The molecule has 1 radical (unpaired) electrons. The molecule has 1 heterocycles. The lowest BCUT2D eigenvalue weighted by Gasteiger charge is -1.85. The van der Waals surface area contributed by atoms with E-state index in [9.17, 15) is 9.18 Å². The Morgan fingerprint density at radius 2 is 2.33 bits per heavy atom. The summed E-state index contributed by atoms with van der Waals surface area (Å²) in [7, 11) is 0. The van der Waals surface area contributed by atoms with Crippen LogP contribution in [0, 0.1) is 5.82 Å². The summed E-state index contributed by atoms with van der Waals surface area (Å²) in [6, 6.07) is 1.07. The molecule has 2 nitrogen and oxygen atoms in total. The van der Waals surface area contributed by atoms with Crippen molar-refractivity contribution >= 4 is 6.29 Å². The van der Waals surface area contributed by atoms with Crippen LogP contribution in [0.4, 0.5) is 4.39 Å². The van der Waals surface area contributed by atoms with Crippen LogP contribution < -0.4 is 0 Å². The van der Waals surface area contributed by atoms with E-state index in [1.54, 1.807) is 0 Å². The van der Waals surface area contributed by atoms with Crippen LogP contribution in [0.1, 0.15) is 5.56 Å². The van der Waals surface area contributed by atoms with E-state index >= 15 is 0 Å². The number of halogens is 1. The Bertz CT molecular complexity index is 224. The zero-order chi connectivity index (χ0) is 6.69. The van der Waals surface area contributed by atoms with Gasteiger partial charge in [0.05, 0.1) is 6.20 Å². The van der Waals surface area contributed by atoms with Crippen molar-refractivity contribution < 1.29 is 9.18 Å². The van der Waals surface area contributed by atoms with Gasteiger partial charge in [-0.2, -0.15) is 0 Å². The highest BCUT2D eigenvalue weighted by Crippen LogP contribution is 1.95. The van der Waals surface area contributed by atoms with Crippen LogP contribution in [0.5, 0.6) is 0 Å². The molecule has 0 amide bonds. The van der Waals surface area contributed by atoms with Gasteiger partial charge in [-0.3, -0.25) is 9.78 Å². The van der Waals surface area contributed by atoms with Gasteiger partial charge < -0.3 is 0 Å². The molecule has 0 saturated carbocycles. The zero-order valence-corrected chi connectivity index (χ0v) is 4.47. The Labute approximate surface area is 51.3 Å². The second-order valence-corrected chi connectivity index (χ2v) is 1.49. The zero-order valence-electron chi connectivity index (χ0n) is 4.47. The third-order valence-electron chi connectivity index (χ3n) is 0.823. The largest absolute Gasteiger partial charge is 0.285 e. The standard InChI is InChI=1S/C6H3FNO/c7-6-1-5(4-9)2-8-3-6/h1-3H. The van der Waals surface area contributed by atoms with Crippen molar-refractivity contribution in [1.29, 1.82) is 0 Å². The number of aromatic nitrogens is 1. The van der Waals surface area contributed by atoms with Gasteiger partial charge in [0.1, 0.15) is 5.82 Å². The molecule has 0 saturated heterocycles. The van der Waals surface area contributed by atoms with E-state index in [1.165, 1.54) is 12.5 Å². The summed E-state index contributed by atoms with van der Waals surface area (Å²) < 4.78 is 12.1. The highest BCUT2D eigenvalue weighted by molar-refractivity contribution is 5.74. The second kappa shape index (κ2) is 2.35. The first-order valence-corrected chi connectivity index (χ1v) is 2.31. The quantitative estimate of drug-likeness (QED) is 0.551. The van der Waals surface area contributed by atoms with Gasteiger partial charge in [0.15, 0.2) is 0 Å². The van der Waals surface area contributed by atoms with Gasteiger partial charge >= 0.3 is 0 Å². The fourth-order valence-corrected chi connectivity index (χ4v) is 0.468. The third-order valence-corrected chi connectivity index (χ3v) is 0.823. The van der Waals surface area contributed by atoms with E-state index in [2.05, 4.69) is 4.98 Å². The lowest BCUT2D eigenvalue weighted by molar-refractivity contribution is 0.561. The molecular formula is C6H3FNO. The van der Waals surface area contributed by atoms with Gasteiger partial charge in [-0.15, -0.1) is 0 Å². The minimum absolute atomic E-state index is 0.134. The smallest absolute Gasteiger partial charge is 0.235 e. The van der Waals surface area contributed by atoms with Crippen molar-refractivity contribution in [2.75, 3.05) is 0 Å². The Morgan fingerprint density at radius 3 is 2.78 bits per heavy atom. The first-order chi connectivity index (χ1) is 4.33. The lowest BCUT2D eigenvalue weighted by atomic mass is 10.3. The molecule has 0 aliphatic rings. The molecule has 0 unspecified atom stereocenters. The second-order valence-electron chi connectivity index (χ2n) is 1.49. The summed E-state index contributed by atoms with van der Waals surface area (Å²) in [6.07, 6.45) is 3.79. The normalized spacial score (nSPS) is 9.00. The van der Waals surface area contributed by atoms with Gasteiger partial charge in [-0.25, -0.2) is 4.39 Å². The number of carbonyl (C=O) groups excluding carboxylic acids is 1. The minimum atomic E-state index is -0.518. The number of pyridine rings is 1. The maximum Gasteiger partial charge on any atom is 0.235 e. The van der Waals surface area contributed by atoms with Crippen LogP contribution in [0.3, 0.4) is 0 Å². The number of hydrogen-bond donors (Lipinski definition) is 0. The van der Waals surface area contributed by atoms with Crippen LogP contribution in [0.15, 0.2) is 18.5 Å². The molecule has 45 valence electrons. The minimum Gasteiger partial charge on any atom is -0.285 e. The molecule has 1 rings (SSSR count). The molecule has 0 N–H and O–H groups in total. The monoisotopic (exact) mass is 124 g/mol. The van der Waals surface area contributed by atoms with Crippen molar-refractivity contribution in [2.24, 2.45) is 0 Å². The van der Waals surface area contributed by atoms with Crippen molar-refractivity contribution in [1.82, 2.24) is 4.98 Å². The molecule has 3 heteroatoms. The molecule has 0 aliphatic carbocycles. The van der Waals surface area contributed by atoms with Crippen LogP contribution in [0.2, 0.25) is 0 Å². The SMILES string of the molecule is O=[C]c1cncc(F)c1. The maximum atomic E-state index is 12.1. The van der Waals surface area contributed by atoms with Gasteiger partial charge in [0.25, 0.3) is 0 Å². The van der Waals surface area contributed by atoms with Gasteiger partial charge in [0.2, 0.25) is 6.29 Å². The molecule has 0 spiro atoms. The summed E-state index contributed by atoms with van der Waals surface area (Å²) in [6.45, 7) is 0. The molecule has 0 atom stereocenters. The highest BCUT2D eigenvalue weighted by atomic mass is 19.1. The fraction of sp³-hybridized carbons (Fsp3) is 0. The van der Waals surface area contributed by atoms with Crippen LogP contribution in [-0.2, 0) is 4.79 Å². The van der Waals surface area contributed by atoms with Gasteiger partial charge in [0, 0.05) is 11.8 Å². The van der Waals surface area contributed by atoms with E-state index in [1.807, 2.05) is 0 Å². The predicted octanol–water partition coefficient (Wildman–Crippen LogP) is 0.678. The van der Waals surface area contributed by atoms with Crippen molar-refractivity contribution in [3.8, 4) is 0 Å². The maximum absolute atomic E-state index is 12.1. The van der Waals surface area contributed by atoms with Crippen LogP contribution in [-0.4, -0.2) is 11.3 Å². The topological polar surface area (TPSA) is 30.0 Å². The van der Waals surface area contributed by atoms with Crippen molar-refractivity contribution in [2.45, 2.75) is 0 Å².